The third kappa shape index (κ3) is 0.855. The molecule has 0 amide bonds. The number of aromatic nitrogens is 2. The first-order chi connectivity index (χ1) is 3.39. The van der Waals surface area contributed by atoms with Crippen LogP contribution < -0.4 is 10.6 Å². The van der Waals surface area contributed by atoms with Crippen LogP contribution in [0, 0.1) is 6.20 Å². The maximum absolute atomic E-state index is 5.11. The van der Waals surface area contributed by atoms with Crippen molar-refractivity contribution >= 4 is 0 Å². The Morgan fingerprint density at radius 2 is 2.57 bits per heavy atom. The van der Waals surface area contributed by atoms with Crippen LogP contribution in [0.3, 0.4) is 0 Å². The Hall–Kier alpha value is -1.12. The molecule has 1 radical (unpaired) electrons. The van der Waals surface area contributed by atoms with E-state index in [4.69, 9.17) is 5.84 Å². The zero-order chi connectivity index (χ0) is 5.11. The molecule has 1 aromatic heterocycles. The van der Waals surface area contributed by atoms with Crippen LogP contribution in [0.15, 0.2) is 18.3 Å². The van der Waals surface area contributed by atoms with Gasteiger partial charge in [0.15, 0.2) is 0 Å². The largest absolute Gasteiger partial charge is 0.341 e. The quantitative estimate of drug-likeness (QED) is 0.328. The second-order valence-corrected chi connectivity index (χ2v) is 1.10. The molecule has 0 saturated heterocycles. The molecular formula is C4H5N3+. The lowest BCUT2D eigenvalue weighted by molar-refractivity contribution is -0.704. The highest BCUT2D eigenvalue weighted by atomic mass is 15.5. The minimum absolute atomic E-state index is 1.12. The van der Waals surface area contributed by atoms with Gasteiger partial charge in [0.1, 0.15) is 0 Å². The predicted octanol–water partition coefficient (Wildman–Crippen LogP) is -1.12. The van der Waals surface area contributed by atoms with E-state index in [0.29, 0.717) is 0 Å². The second kappa shape index (κ2) is 1.55. The summed E-state index contributed by atoms with van der Waals surface area (Å²) >= 11 is 0. The van der Waals surface area contributed by atoms with Crippen molar-refractivity contribution in [3.05, 3.63) is 24.5 Å². The van der Waals surface area contributed by atoms with E-state index in [1.165, 1.54) is 0 Å². The average Bonchev–Trinajstić information content (AvgIpc) is 1.69. The van der Waals surface area contributed by atoms with Gasteiger partial charge in [0.25, 0.3) is 0 Å². The predicted molar refractivity (Wildman–Crippen MR) is 23.4 cm³/mol. The summed E-state index contributed by atoms with van der Waals surface area (Å²) in [6, 6.07) is 3.44. The van der Waals surface area contributed by atoms with E-state index in [1.807, 2.05) is 0 Å². The fraction of sp³-hybridized carbons (Fsp3) is 0. The Morgan fingerprint density at radius 1 is 1.71 bits per heavy atom. The molecular weight excluding hydrogens is 90.1 g/mol. The Labute approximate surface area is 41.4 Å². The summed E-state index contributed by atoms with van der Waals surface area (Å²) in [7, 11) is 0. The standard InChI is InChI=1S/C4H5N3/c5-7-4-2-1-3-6-7/h1-3H,(H2,5,6)/q+1. The highest BCUT2D eigenvalue weighted by molar-refractivity contribution is 4.75. The number of hydrogen-bond acceptors (Lipinski definition) is 2. The van der Waals surface area contributed by atoms with Crippen molar-refractivity contribution in [1.29, 1.82) is 0 Å². The van der Waals surface area contributed by atoms with Gasteiger partial charge in [0.2, 0.25) is 0 Å². The molecule has 3 heteroatoms. The number of nitrogens with zero attached hydrogens (tertiary/aromatic N) is 2. The van der Waals surface area contributed by atoms with Crippen molar-refractivity contribution in [2.24, 2.45) is 0 Å². The third-order valence-electron chi connectivity index (χ3n) is 0.580. The van der Waals surface area contributed by atoms with Crippen LogP contribution in [0.5, 0.6) is 0 Å². The molecule has 0 unspecified atom stereocenters. The summed E-state index contributed by atoms with van der Waals surface area (Å²) in [6.45, 7) is 0. The van der Waals surface area contributed by atoms with E-state index in [9.17, 15) is 0 Å². The number of nitrogen functional groups attached to an aromatic ring is 1. The lowest BCUT2D eigenvalue weighted by Crippen LogP contribution is -2.47. The van der Waals surface area contributed by atoms with E-state index in [2.05, 4.69) is 11.3 Å². The highest BCUT2D eigenvalue weighted by Gasteiger charge is 1.84. The van der Waals surface area contributed by atoms with Gasteiger partial charge in [-0.25, -0.2) is 0 Å². The summed E-state index contributed by atoms with van der Waals surface area (Å²) in [5.74, 6) is 5.11. The second-order valence-electron chi connectivity index (χ2n) is 1.10. The van der Waals surface area contributed by atoms with Gasteiger partial charge in [-0.2, -0.15) is 5.84 Å². The van der Waals surface area contributed by atoms with Crippen molar-refractivity contribution in [2.45, 2.75) is 0 Å². The topological polar surface area (TPSA) is 42.8 Å². The SMILES string of the molecule is N[n+]1[c]cccn1. The molecule has 0 aliphatic rings. The van der Waals surface area contributed by atoms with Crippen molar-refractivity contribution in [3.63, 3.8) is 0 Å². The van der Waals surface area contributed by atoms with Crippen molar-refractivity contribution < 1.29 is 4.79 Å². The Bertz CT molecular complexity index is 137. The summed E-state index contributed by atoms with van der Waals surface area (Å²) in [5, 5.41) is 3.62. The van der Waals surface area contributed by atoms with E-state index < -0.39 is 0 Å². The van der Waals surface area contributed by atoms with Crippen LogP contribution in [-0.4, -0.2) is 5.10 Å². The van der Waals surface area contributed by atoms with Crippen molar-refractivity contribution in [3.8, 4) is 0 Å². The number of hydrogen-bond donors (Lipinski definition) is 1. The molecule has 35 valence electrons. The van der Waals surface area contributed by atoms with Gasteiger partial charge >= 0.3 is 6.20 Å². The Morgan fingerprint density at radius 3 is 2.86 bits per heavy atom. The molecule has 2 N–H and O–H groups in total. The van der Waals surface area contributed by atoms with Gasteiger partial charge in [0.05, 0.1) is 6.20 Å². The molecule has 7 heavy (non-hydrogen) atoms. The maximum Gasteiger partial charge on any atom is 0.341 e. The van der Waals surface area contributed by atoms with Crippen molar-refractivity contribution in [1.82, 2.24) is 5.10 Å². The Kier molecular flexibility index (Phi) is 0.898. The zero-order valence-corrected chi connectivity index (χ0v) is 3.70. The molecule has 1 rings (SSSR count). The normalized spacial score (nSPS) is 8.57. The highest BCUT2D eigenvalue weighted by Crippen LogP contribution is 1.64. The molecule has 0 atom stereocenters. The minimum atomic E-state index is 1.12. The van der Waals surface area contributed by atoms with E-state index >= 15 is 0 Å². The molecule has 0 aliphatic heterocycles. The molecule has 3 nitrogen and oxygen atoms in total. The molecule has 0 spiro atoms. The van der Waals surface area contributed by atoms with Gasteiger partial charge in [-0.3, -0.25) is 0 Å². The summed E-state index contributed by atoms with van der Waals surface area (Å²) in [5.41, 5.74) is 0. The van der Waals surface area contributed by atoms with E-state index in [-0.39, 0.29) is 0 Å². The summed E-state index contributed by atoms with van der Waals surface area (Å²) in [6.07, 6.45) is 4.21. The first kappa shape index (κ1) is 4.05. The van der Waals surface area contributed by atoms with Gasteiger partial charge < -0.3 is 0 Å². The third-order valence-corrected chi connectivity index (χ3v) is 0.580. The van der Waals surface area contributed by atoms with Crippen LogP contribution in [0.4, 0.5) is 0 Å². The van der Waals surface area contributed by atoms with Crippen LogP contribution in [-0.2, 0) is 0 Å². The van der Waals surface area contributed by atoms with Crippen molar-refractivity contribution in [2.75, 3.05) is 5.84 Å². The van der Waals surface area contributed by atoms with Crippen LogP contribution >= 0.6 is 0 Å². The first-order valence-electron chi connectivity index (χ1n) is 1.90. The van der Waals surface area contributed by atoms with Crippen LogP contribution in [0.1, 0.15) is 0 Å². The molecule has 0 aliphatic carbocycles. The van der Waals surface area contributed by atoms with E-state index in [0.717, 1.165) is 4.79 Å². The molecule has 1 aromatic rings. The number of rotatable bonds is 0. The van der Waals surface area contributed by atoms with Crippen LogP contribution in [0.25, 0.3) is 0 Å². The number of nitrogens with two attached hydrogens (primary N) is 1. The molecule has 0 aromatic carbocycles. The average molecular weight is 95.1 g/mol. The lowest BCUT2D eigenvalue weighted by Gasteiger charge is -1.72. The molecule has 0 saturated carbocycles. The van der Waals surface area contributed by atoms with Gasteiger partial charge in [-0.05, 0) is 6.07 Å². The zero-order valence-electron chi connectivity index (χ0n) is 3.70. The molecule has 1 heterocycles. The van der Waals surface area contributed by atoms with Gasteiger partial charge in [-0.1, -0.05) is 0 Å². The summed E-state index contributed by atoms with van der Waals surface area (Å²) < 4.78 is 0. The summed E-state index contributed by atoms with van der Waals surface area (Å²) in [4.78, 5) is 1.12. The lowest BCUT2D eigenvalue weighted by atomic mass is 10.6. The van der Waals surface area contributed by atoms with Crippen LogP contribution in [0.2, 0.25) is 0 Å². The minimum Gasteiger partial charge on any atom is -0.180 e. The van der Waals surface area contributed by atoms with Gasteiger partial charge in [-0.15, -0.1) is 0 Å². The molecule has 0 bridgehead atoms. The smallest absolute Gasteiger partial charge is 0.180 e. The fourth-order valence-corrected chi connectivity index (χ4v) is 0.306. The molecule has 0 fully saturated rings. The first-order valence-corrected chi connectivity index (χ1v) is 1.90. The maximum atomic E-state index is 5.11. The monoisotopic (exact) mass is 95.0 g/mol. The van der Waals surface area contributed by atoms with E-state index in [1.54, 1.807) is 18.3 Å². The van der Waals surface area contributed by atoms with Gasteiger partial charge in [0, 0.05) is 16.0 Å². The fourth-order valence-electron chi connectivity index (χ4n) is 0.306. The Balaban J connectivity index is 3.02.